The van der Waals surface area contributed by atoms with Crippen LogP contribution in [0.5, 0.6) is 0 Å². The Labute approximate surface area is 169 Å². The van der Waals surface area contributed by atoms with E-state index in [0.29, 0.717) is 11.1 Å². The van der Waals surface area contributed by atoms with E-state index in [2.05, 4.69) is 4.98 Å². The lowest BCUT2D eigenvalue weighted by atomic mass is 10.1. The fraction of sp³-hybridized carbons (Fsp3) is 0.120. The molecule has 3 aromatic carbocycles. The van der Waals surface area contributed by atoms with Gasteiger partial charge in [0.2, 0.25) is 0 Å². The average Bonchev–Trinajstić information content (AvgIpc) is 2.72. The molecule has 1 amide bonds. The predicted molar refractivity (Wildman–Crippen MR) is 117 cm³/mol. The van der Waals surface area contributed by atoms with E-state index in [9.17, 15) is 9.59 Å². The summed E-state index contributed by atoms with van der Waals surface area (Å²) >= 11 is 0. The molecule has 0 saturated carbocycles. The van der Waals surface area contributed by atoms with Gasteiger partial charge in [0.15, 0.2) is 0 Å². The van der Waals surface area contributed by atoms with Crippen molar-refractivity contribution in [2.24, 2.45) is 0 Å². The molecule has 4 nitrogen and oxygen atoms in total. The van der Waals surface area contributed by atoms with Crippen molar-refractivity contribution in [3.63, 3.8) is 0 Å². The minimum Gasteiger partial charge on any atom is -0.322 e. The van der Waals surface area contributed by atoms with E-state index in [4.69, 9.17) is 0 Å². The quantitative estimate of drug-likeness (QED) is 0.540. The Morgan fingerprint density at radius 3 is 2.38 bits per heavy atom. The molecule has 0 fully saturated rings. The summed E-state index contributed by atoms with van der Waals surface area (Å²) in [6, 6.07) is 24.8. The average molecular weight is 382 g/mol. The zero-order valence-corrected chi connectivity index (χ0v) is 16.5. The van der Waals surface area contributed by atoms with Crippen molar-refractivity contribution in [1.29, 1.82) is 0 Å². The molecule has 0 atom stereocenters. The number of nitrogens with zero attached hydrogens (tertiary/aromatic N) is 1. The fourth-order valence-corrected chi connectivity index (χ4v) is 3.41. The van der Waals surface area contributed by atoms with Gasteiger partial charge in [-0.2, -0.15) is 0 Å². The summed E-state index contributed by atoms with van der Waals surface area (Å²) < 4.78 is 0. The van der Waals surface area contributed by atoms with Crippen LogP contribution < -0.4 is 10.5 Å². The number of pyridine rings is 1. The molecule has 29 heavy (non-hydrogen) atoms. The second-order valence-electron chi connectivity index (χ2n) is 7.31. The number of para-hydroxylation sites is 1. The summed E-state index contributed by atoms with van der Waals surface area (Å²) in [5.41, 5.74) is 4.65. The molecule has 1 heterocycles. The summed E-state index contributed by atoms with van der Waals surface area (Å²) in [5.74, 6) is -0.136. The number of amides is 1. The molecule has 1 N–H and O–H groups in total. The number of hydrogen-bond acceptors (Lipinski definition) is 2. The second-order valence-corrected chi connectivity index (χ2v) is 7.31. The van der Waals surface area contributed by atoms with Crippen molar-refractivity contribution >= 4 is 22.5 Å². The van der Waals surface area contributed by atoms with Gasteiger partial charge in [-0.3, -0.25) is 9.59 Å². The number of hydrogen-bond donors (Lipinski definition) is 1. The molecular weight excluding hydrogens is 360 g/mol. The van der Waals surface area contributed by atoms with Crippen LogP contribution in [0.1, 0.15) is 27.0 Å². The lowest BCUT2D eigenvalue weighted by Gasteiger charge is -2.23. The van der Waals surface area contributed by atoms with Crippen LogP contribution in [0.15, 0.2) is 83.7 Å². The van der Waals surface area contributed by atoms with Crippen LogP contribution in [0.3, 0.4) is 0 Å². The molecule has 0 spiro atoms. The number of aromatic amines is 1. The summed E-state index contributed by atoms with van der Waals surface area (Å²) in [6.07, 6.45) is 0. The number of H-pyrrole nitrogens is 1. The number of fused-ring (bicyclic) bond motifs is 1. The van der Waals surface area contributed by atoms with Crippen LogP contribution in [-0.4, -0.2) is 10.9 Å². The van der Waals surface area contributed by atoms with E-state index in [-0.39, 0.29) is 18.0 Å². The summed E-state index contributed by atoms with van der Waals surface area (Å²) in [6.45, 7) is 4.17. The van der Waals surface area contributed by atoms with Crippen LogP contribution in [0.4, 0.5) is 5.69 Å². The zero-order valence-electron chi connectivity index (χ0n) is 16.5. The number of aromatic nitrogens is 1. The maximum Gasteiger partial charge on any atom is 0.258 e. The first kappa shape index (κ1) is 18.7. The van der Waals surface area contributed by atoms with Gasteiger partial charge in [0.25, 0.3) is 11.5 Å². The SMILES string of the molecule is Cc1ccc(C(=O)N(Cc2cc3ccccc3[nH]c2=O)c2cccc(C)c2)cc1. The molecule has 4 rings (SSSR count). The van der Waals surface area contributed by atoms with Gasteiger partial charge in [-0.15, -0.1) is 0 Å². The first-order chi connectivity index (χ1) is 14.0. The molecule has 4 heteroatoms. The maximum absolute atomic E-state index is 13.4. The molecular formula is C25H22N2O2. The predicted octanol–water partition coefficient (Wildman–Crippen LogP) is 4.99. The third-order valence-electron chi connectivity index (χ3n) is 5.02. The molecule has 0 saturated heterocycles. The normalized spacial score (nSPS) is 10.8. The Morgan fingerprint density at radius 2 is 1.62 bits per heavy atom. The number of rotatable bonds is 4. The third-order valence-corrected chi connectivity index (χ3v) is 5.02. The minimum atomic E-state index is -0.182. The van der Waals surface area contributed by atoms with E-state index in [0.717, 1.165) is 27.7 Å². The van der Waals surface area contributed by atoms with Crippen LogP contribution >= 0.6 is 0 Å². The number of aryl methyl sites for hydroxylation is 2. The van der Waals surface area contributed by atoms with Crippen molar-refractivity contribution < 1.29 is 4.79 Å². The highest BCUT2D eigenvalue weighted by atomic mass is 16.2. The standard InChI is InChI=1S/C25H22N2O2/c1-17-10-12-19(13-11-17)25(29)27(22-8-5-6-18(2)14-22)16-21-15-20-7-3-4-9-23(20)26-24(21)28/h3-15H,16H2,1-2H3,(H,26,28). The van der Waals surface area contributed by atoms with Crippen LogP contribution in [0, 0.1) is 13.8 Å². The Balaban J connectivity index is 1.78. The number of benzene rings is 3. The van der Waals surface area contributed by atoms with Crippen molar-refractivity contribution in [3.8, 4) is 0 Å². The zero-order chi connectivity index (χ0) is 20.4. The highest BCUT2D eigenvalue weighted by Crippen LogP contribution is 2.22. The van der Waals surface area contributed by atoms with Crippen LogP contribution in [0.25, 0.3) is 10.9 Å². The monoisotopic (exact) mass is 382 g/mol. The van der Waals surface area contributed by atoms with E-state index in [1.165, 1.54) is 0 Å². The van der Waals surface area contributed by atoms with Crippen LogP contribution in [-0.2, 0) is 6.54 Å². The third kappa shape index (κ3) is 3.97. The van der Waals surface area contributed by atoms with Crippen molar-refractivity contribution in [2.45, 2.75) is 20.4 Å². The Kier molecular flexibility index (Phi) is 5.00. The fourth-order valence-electron chi connectivity index (χ4n) is 3.41. The highest BCUT2D eigenvalue weighted by Gasteiger charge is 2.20. The number of carbonyl (C=O) groups is 1. The van der Waals surface area contributed by atoms with Gasteiger partial charge in [-0.1, -0.05) is 48.0 Å². The Morgan fingerprint density at radius 1 is 0.862 bits per heavy atom. The summed E-state index contributed by atoms with van der Waals surface area (Å²) in [7, 11) is 0. The number of carbonyl (C=O) groups excluding carboxylic acids is 1. The molecule has 144 valence electrons. The number of nitrogens with one attached hydrogen (secondary N) is 1. The number of anilines is 1. The molecule has 0 radical (unpaired) electrons. The molecule has 0 bridgehead atoms. The van der Waals surface area contributed by atoms with Crippen LogP contribution in [0.2, 0.25) is 0 Å². The molecule has 4 aromatic rings. The Bertz CT molecular complexity index is 1240. The van der Waals surface area contributed by atoms with Gasteiger partial charge < -0.3 is 9.88 Å². The second kappa shape index (κ2) is 7.76. The van der Waals surface area contributed by atoms with Gasteiger partial charge in [0.1, 0.15) is 0 Å². The lowest BCUT2D eigenvalue weighted by molar-refractivity contribution is 0.0985. The van der Waals surface area contributed by atoms with Gasteiger partial charge in [0, 0.05) is 22.3 Å². The minimum absolute atomic E-state index is 0.136. The highest BCUT2D eigenvalue weighted by molar-refractivity contribution is 6.06. The lowest BCUT2D eigenvalue weighted by Crippen LogP contribution is -2.33. The van der Waals surface area contributed by atoms with E-state index >= 15 is 0 Å². The first-order valence-electron chi connectivity index (χ1n) is 9.57. The van der Waals surface area contributed by atoms with Gasteiger partial charge in [0.05, 0.1) is 6.54 Å². The topological polar surface area (TPSA) is 53.2 Å². The summed E-state index contributed by atoms with van der Waals surface area (Å²) in [4.78, 5) is 30.6. The van der Waals surface area contributed by atoms with E-state index in [1.54, 1.807) is 4.90 Å². The maximum atomic E-state index is 13.4. The molecule has 0 aliphatic heterocycles. The van der Waals surface area contributed by atoms with Crippen molar-refractivity contribution in [1.82, 2.24) is 4.98 Å². The van der Waals surface area contributed by atoms with Gasteiger partial charge in [-0.25, -0.2) is 0 Å². The van der Waals surface area contributed by atoms with Crippen molar-refractivity contribution in [3.05, 3.63) is 111 Å². The molecule has 0 aliphatic carbocycles. The van der Waals surface area contributed by atoms with Gasteiger partial charge >= 0.3 is 0 Å². The molecule has 0 unspecified atom stereocenters. The molecule has 0 aliphatic rings. The Hall–Kier alpha value is -3.66. The molecule has 1 aromatic heterocycles. The van der Waals surface area contributed by atoms with E-state index < -0.39 is 0 Å². The van der Waals surface area contributed by atoms with Gasteiger partial charge in [-0.05, 0) is 61.2 Å². The smallest absolute Gasteiger partial charge is 0.258 e. The van der Waals surface area contributed by atoms with E-state index in [1.807, 2.05) is 92.7 Å². The first-order valence-corrected chi connectivity index (χ1v) is 9.57. The van der Waals surface area contributed by atoms with Crippen molar-refractivity contribution in [2.75, 3.05) is 4.90 Å². The largest absolute Gasteiger partial charge is 0.322 e. The summed E-state index contributed by atoms with van der Waals surface area (Å²) in [5, 5.41) is 0.939.